The van der Waals surface area contributed by atoms with Crippen LogP contribution in [0, 0.1) is 5.82 Å². The lowest BCUT2D eigenvalue weighted by molar-refractivity contribution is 0.0980. The first-order valence-electron chi connectivity index (χ1n) is 7.53. The Morgan fingerprint density at radius 3 is 2.58 bits per heavy atom. The number of halogens is 1. The molecule has 2 heterocycles. The molecule has 0 fully saturated rings. The Morgan fingerprint density at radius 2 is 1.83 bits per heavy atom. The van der Waals surface area contributed by atoms with Gasteiger partial charge in [-0.15, -0.1) is 0 Å². The first kappa shape index (κ1) is 15.8. The molecule has 0 aliphatic rings. The fourth-order valence-electron chi connectivity index (χ4n) is 2.25. The molecule has 5 heteroatoms. The number of aryl methyl sites for hydroxylation is 1. The van der Waals surface area contributed by atoms with E-state index in [1.807, 2.05) is 0 Å². The second-order valence-corrected chi connectivity index (χ2v) is 5.20. The van der Waals surface area contributed by atoms with Gasteiger partial charge in [-0.2, -0.15) is 0 Å². The number of pyridine rings is 2. The summed E-state index contributed by atoms with van der Waals surface area (Å²) in [5.74, 6) is 0.411. The molecule has 0 N–H and O–H groups in total. The number of ether oxygens (including phenoxy) is 1. The molecule has 24 heavy (non-hydrogen) atoms. The molecule has 0 aliphatic heterocycles. The normalized spacial score (nSPS) is 10.4. The van der Waals surface area contributed by atoms with Crippen molar-refractivity contribution >= 4 is 5.78 Å². The van der Waals surface area contributed by atoms with E-state index in [0.29, 0.717) is 24.2 Å². The molecule has 120 valence electrons. The molecule has 0 saturated carbocycles. The van der Waals surface area contributed by atoms with E-state index in [0.717, 1.165) is 5.56 Å². The number of hydrogen-bond acceptors (Lipinski definition) is 4. The van der Waals surface area contributed by atoms with Crippen molar-refractivity contribution in [1.29, 1.82) is 0 Å². The lowest BCUT2D eigenvalue weighted by Gasteiger charge is -2.09. The highest BCUT2D eigenvalue weighted by molar-refractivity contribution is 5.98. The molecule has 0 unspecified atom stereocenters. The van der Waals surface area contributed by atoms with E-state index in [9.17, 15) is 9.18 Å². The quantitative estimate of drug-likeness (QED) is 0.638. The van der Waals surface area contributed by atoms with Gasteiger partial charge in [-0.3, -0.25) is 9.78 Å². The molecule has 3 aromatic rings. The number of benzene rings is 1. The number of ketones is 1. The zero-order valence-corrected chi connectivity index (χ0v) is 12.9. The maximum atomic E-state index is 12.9. The van der Waals surface area contributed by atoms with Gasteiger partial charge in [0.05, 0.1) is 11.8 Å². The summed E-state index contributed by atoms with van der Waals surface area (Å²) in [6, 6.07) is 13.0. The van der Waals surface area contributed by atoms with Gasteiger partial charge in [0, 0.05) is 18.8 Å². The minimum Gasteiger partial charge on any atom is -0.437 e. The first-order chi connectivity index (χ1) is 11.7. The average Bonchev–Trinajstić information content (AvgIpc) is 2.62. The largest absolute Gasteiger partial charge is 0.437 e. The lowest BCUT2D eigenvalue weighted by Crippen LogP contribution is -2.05. The number of nitrogens with zero attached hydrogens (tertiary/aromatic N) is 2. The highest BCUT2D eigenvalue weighted by atomic mass is 19.1. The third kappa shape index (κ3) is 4.01. The summed E-state index contributed by atoms with van der Waals surface area (Å²) in [6.07, 6.45) is 5.59. The van der Waals surface area contributed by atoms with Crippen LogP contribution in [-0.2, 0) is 6.42 Å². The van der Waals surface area contributed by atoms with Crippen molar-refractivity contribution < 1.29 is 13.9 Å². The number of rotatable bonds is 6. The molecule has 2 aromatic heterocycles. The Balaban J connectivity index is 1.71. The van der Waals surface area contributed by atoms with Crippen LogP contribution in [0.4, 0.5) is 4.39 Å². The van der Waals surface area contributed by atoms with E-state index < -0.39 is 0 Å². The van der Waals surface area contributed by atoms with Crippen LogP contribution >= 0.6 is 0 Å². The molecule has 3 rings (SSSR count). The number of carbonyl (C=O) groups is 1. The minimum absolute atomic E-state index is 0.0775. The van der Waals surface area contributed by atoms with Crippen molar-refractivity contribution in [2.24, 2.45) is 0 Å². The van der Waals surface area contributed by atoms with Gasteiger partial charge in [0.15, 0.2) is 5.78 Å². The van der Waals surface area contributed by atoms with Crippen molar-refractivity contribution in [2.75, 3.05) is 0 Å². The standard InChI is InChI=1S/C19H15FN2O2/c20-15-8-5-14(6-9-15)7-10-18(23)17-4-2-12-22-19(17)24-16-3-1-11-21-13-16/h1-6,8-9,11-13H,7,10H2. The maximum Gasteiger partial charge on any atom is 0.230 e. The maximum absolute atomic E-state index is 12.9. The van der Waals surface area contributed by atoms with Gasteiger partial charge in [-0.05, 0) is 48.4 Å². The Labute approximate surface area is 139 Å². The molecule has 0 radical (unpaired) electrons. The monoisotopic (exact) mass is 322 g/mol. The van der Waals surface area contributed by atoms with Gasteiger partial charge in [0.1, 0.15) is 11.6 Å². The fourth-order valence-corrected chi connectivity index (χ4v) is 2.25. The zero-order chi connectivity index (χ0) is 16.8. The van der Waals surface area contributed by atoms with Crippen molar-refractivity contribution in [1.82, 2.24) is 9.97 Å². The molecule has 0 atom stereocenters. The molecular formula is C19H15FN2O2. The Kier molecular flexibility index (Phi) is 4.91. The molecular weight excluding hydrogens is 307 g/mol. The highest BCUT2D eigenvalue weighted by Crippen LogP contribution is 2.23. The van der Waals surface area contributed by atoms with E-state index in [4.69, 9.17) is 4.74 Å². The van der Waals surface area contributed by atoms with E-state index in [1.54, 1.807) is 55.0 Å². The van der Waals surface area contributed by atoms with Gasteiger partial charge in [0.2, 0.25) is 5.88 Å². The van der Waals surface area contributed by atoms with Gasteiger partial charge < -0.3 is 4.74 Å². The van der Waals surface area contributed by atoms with Crippen LogP contribution in [0.15, 0.2) is 67.1 Å². The van der Waals surface area contributed by atoms with E-state index in [-0.39, 0.29) is 17.5 Å². The third-order valence-corrected chi connectivity index (χ3v) is 3.47. The molecule has 0 aliphatic carbocycles. The van der Waals surface area contributed by atoms with Crippen LogP contribution in [0.1, 0.15) is 22.3 Å². The third-order valence-electron chi connectivity index (χ3n) is 3.47. The zero-order valence-electron chi connectivity index (χ0n) is 12.9. The Hall–Kier alpha value is -3.08. The van der Waals surface area contributed by atoms with Crippen LogP contribution in [0.5, 0.6) is 11.6 Å². The van der Waals surface area contributed by atoms with Crippen molar-refractivity contribution in [3.63, 3.8) is 0 Å². The van der Waals surface area contributed by atoms with Crippen LogP contribution in [-0.4, -0.2) is 15.8 Å². The molecule has 1 aromatic carbocycles. The number of carbonyl (C=O) groups excluding carboxylic acids is 1. The van der Waals surface area contributed by atoms with Crippen LogP contribution < -0.4 is 4.74 Å². The van der Waals surface area contributed by atoms with Gasteiger partial charge in [-0.25, -0.2) is 9.37 Å². The van der Waals surface area contributed by atoms with E-state index in [2.05, 4.69) is 9.97 Å². The first-order valence-corrected chi connectivity index (χ1v) is 7.53. The topological polar surface area (TPSA) is 52.1 Å². The second kappa shape index (κ2) is 7.46. The smallest absolute Gasteiger partial charge is 0.230 e. The average molecular weight is 322 g/mol. The van der Waals surface area contributed by atoms with E-state index >= 15 is 0 Å². The summed E-state index contributed by atoms with van der Waals surface area (Å²) in [6.45, 7) is 0. The molecule has 0 amide bonds. The van der Waals surface area contributed by atoms with Crippen molar-refractivity contribution in [3.8, 4) is 11.6 Å². The summed E-state index contributed by atoms with van der Waals surface area (Å²) >= 11 is 0. The summed E-state index contributed by atoms with van der Waals surface area (Å²) in [4.78, 5) is 20.6. The second-order valence-electron chi connectivity index (χ2n) is 5.20. The van der Waals surface area contributed by atoms with Gasteiger partial charge in [-0.1, -0.05) is 12.1 Å². The molecule has 4 nitrogen and oxygen atoms in total. The van der Waals surface area contributed by atoms with Crippen LogP contribution in [0.2, 0.25) is 0 Å². The van der Waals surface area contributed by atoms with Gasteiger partial charge in [0.25, 0.3) is 0 Å². The summed E-state index contributed by atoms with van der Waals surface area (Å²) in [7, 11) is 0. The number of Topliss-reactive ketones (excluding diaryl/α,β-unsaturated/α-hetero) is 1. The number of aromatic nitrogens is 2. The Bertz CT molecular complexity index is 820. The summed E-state index contributed by atoms with van der Waals surface area (Å²) in [5, 5.41) is 0. The molecule has 0 saturated heterocycles. The molecule has 0 bridgehead atoms. The summed E-state index contributed by atoms with van der Waals surface area (Å²) < 4.78 is 18.6. The van der Waals surface area contributed by atoms with Crippen molar-refractivity contribution in [2.45, 2.75) is 12.8 Å². The number of hydrogen-bond donors (Lipinski definition) is 0. The van der Waals surface area contributed by atoms with Crippen molar-refractivity contribution in [3.05, 3.63) is 84.1 Å². The van der Waals surface area contributed by atoms with E-state index in [1.165, 1.54) is 12.1 Å². The van der Waals surface area contributed by atoms with Crippen LogP contribution in [0.25, 0.3) is 0 Å². The fraction of sp³-hybridized carbons (Fsp3) is 0.105. The predicted octanol–water partition coefficient (Wildman–Crippen LogP) is 4.22. The summed E-state index contributed by atoms with van der Waals surface area (Å²) in [5.41, 5.74) is 1.33. The predicted molar refractivity (Wildman–Crippen MR) is 87.6 cm³/mol. The SMILES string of the molecule is O=C(CCc1ccc(F)cc1)c1cccnc1Oc1cccnc1. The van der Waals surface area contributed by atoms with Crippen LogP contribution in [0.3, 0.4) is 0 Å². The lowest BCUT2D eigenvalue weighted by atomic mass is 10.0. The highest BCUT2D eigenvalue weighted by Gasteiger charge is 2.14. The van der Waals surface area contributed by atoms with Gasteiger partial charge >= 0.3 is 0 Å². The molecule has 0 spiro atoms. The minimum atomic E-state index is -0.288. The Morgan fingerprint density at radius 1 is 1.04 bits per heavy atom.